The zero-order valence-electron chi connectivity index (χ0n) is 12.1. The summed E-state index contributed by atoms with van der Waals surface area (Å²) in [6.07, 6.45) is 2.70. The first-order valence-electron chi connectivity index (χ1n) is 6.28. The van der Waals surface area contributed by atoms with E-state index in [9.17, 15) is 0 Å². The van der Waals surface area contributed by atoms with Crippen LogP contribution in [0.3, 0.4) is 0 Å². The number of halogens is 1. The van der Waals surface area contributed by atoms with Gasteiger partial charge in [-0.15, -0.1) is 0 Å². The monoisotopic (exact) mass is 322 g/mol. The predicted molar refractivity (Wildman–Crippen MR) is 83.4 cm³/mol. The fourth-order valence-electron chi connectivity index (χ4n) is 1.74. The van der Waals surface area contributed by atoms with E-state index in [1.165, 1.54) is 19.7 Å². The molecule has 1 aromatic heterocycles. The van der Waals surface area contributed by atoms with Gasteiger partial charge in [0.15, 0.2) is 0 Å². The van der Waals surface area contributed by atoms with E-state index in [1.807, 2.05) is 0 Å². The first-order valence-corrected chi connectivity index (χ1v) is 6.65. The van der Waals surface area contributed by atoms with Crippen molar-refractivity contribution in [2.75, 3.05) is 20.0 Å². The fourth-order valence-corrected chi connectivity index (χ4v) is 1.93. The number of hydrogen-bond acceptors (Lipinski definition) is 7. The van der Waals surface area contributed by atoms with Crippen LogP contribution in [0.25, 0.3) is 0 Å². The van der Waals surface area contributed by atoms with Crippen LogP contribution in [0.15, 0.2) is 29.7 Å². The van der Waals surface area contributed by atoms with Crippen LogP contribution in [0.4, 0.5) is 5.82 Å². The van der Waals surface area contributed by atoms with Gasteiger partial charge in [0.25, 0.3) is 0 Å². The van der Waals surface area contributed by atoms with Gasteiger partial charge in [-0.1, -0.05) is 16.8 Å². The molecule has 1 heterocycles. The van der Waals surface area contributed by atoms with Crippen LogP contribution in [-0.2, 0) is 11.4 Å². The Morgan fingerprint density at radius 2 is 2.14 bits per heavy atom. The number of anilines is 1. The van der Waals surface area contributed by atoms with E-state index >= 15 is 0 Å². The summed E-state index contributed by atoms with van der Waals surface area (Å²) in [6, 6.07) is 5.26. The number of hydrogen-bond donors (Lipinski definition) is 1. The molecule has 0 saturated heterocycles. The molecule has 7 nitrogen and oxygen atoms in total. The highest BCUT2D eigenvalue weighted by molar-refractivity contribution is 6.30. The maximum absolute atomic E-state index is 5.99. The molecule has 0 fully saturated rings. The first kappa shape index (κ1) is 15.8. The summed E-state index contributed by atoms with van der Waals surface area (Å²) in [5.41, 5.74) is 7.00. The Balaban J connectivity index is 2.23. The number of methoxy groups -OCH3 is 1. The van der Waals surface area contributed by atoms with Gasteiger partial charge in [0.05, 0.1) is 13.3 Å². The molecule has 2 aromatic rings. The highest BCUT2D eigenvalue weighted by Crippen LogP contribution is 2.25. The number of rotatable bonds is 6. The Hall–Kier alpha value is -2.54. The van der Waals surface area contributed by atoms with E-state index in [0.29, 0.717) is 16.3 Å². The topological polar surface area (TPSA) is 91.9 Å². The lowest BCUT2D eigenvalue weighted by Crippen LogP contribution is -2.06. The summed E-state index contributed by atoms with van der Waals surface area (Å²) >= 11 is 5.99. The van der Waals surface area contributed by atoms with Crippen LogP contribution in [0.5, 0.6) is 11.6 Å². The minimum atomic E-state index is 0.202. The van der Waals surface area contributed by atoms with Crippen molar-refractivity contribution < 1.29 is 14.3 Å². The molecular formula is C14H15ClN4O3. The lowest BCUT2D eigenvalue weighted by atomic mass is 10.2. The number of aromatic nitrogens is 2. The molecule has 2 N–H and O–H groups in total. The van der Waals surface area contributed by atoms with Crippen molar-refractivity contribution in [2.45, 2.75) is 6.61 Å². The van der Waals surface area contributed by atoms with Crippen molar-refractivity contribution in [1.29, 1.82) is 0 Å². The second-order valence-corrected chi connectivity index (χ2v) is 4.58. The van der Waals surface area contributed by atoms with Crippen LogP contribution >= 0.6 is 11.6 Å². The van der Waals surface area contributed by atoms with Gasteiger partial charge in [-0.2, -0.15) is 0 Å². The van der Waals surface area contributed by atoms with E-state index in [4.69, 9.17) is 26.8 Å². The quantitative estimate of drug-likeness (QED) is 0.648. The summed E-state index contributed by atoms with van der Waals surface area (Å²) in [6.45, 7) is 0.202. The van der Waals surface area contributed by atoms with Crippen LogP contribution < -0.4 is 15.2 Å². The number of oxime groups is 1. The van der Waals surface area contributed by atoms with Crippen LogP contribution in [0.2, 0.25) is 5.02 Å². The van der Waals surface area contributed by atoms with Gasteiger partial charge in [0, 0.05) is 10.6 Å². The van der Waals surface area contributed by atoms with Crippen molar-refractivity contribution >= 4 is 23.6 Å². The molecule has 0 radical (unpaired) electrons. The molecule has 1 aromatic carbocycles. The van der Waals surface area contributed by atoms with E-state index < -0.39 is 0 Å². The number of ether oxygens (including phenoxy) is 2. The predicted octanol–water partition coefficient (Wildman–Crippen LogP) is 2.28. The molecule has 116 valence electrons. The molecule has 0 aliphatic carbocycles. The van der Waals surface area contributed by atoms with Crippen molar-refractivity contribution in [3.63, 3.8) is 0 Å². The van der Waals surface area contributed by atoms with E-state index in [-0.39, 0.29) is 18.3 Å². The van der Waals surface area contributed by atoms with Crippen molar-refractivity contribution in [1.82, 2.24) is 9.97 Å². The maximum Gasteiger partial charge on any atom is 0.228 e. The maximum atomic E-state index is 5.99. The number of nitrogens with two attached hydrogens (primary N) is 1. The fraction of sp³-hybridized carbons (Fsp3) is 0.214. The second kappa shape index (κ2) is 7.46. The van der Waals surface area contributed by atoms with Gasteiger partial charge >= 0.3 is 0 Å². The zero-order chi connectivity index (χ0) is 15.9. The zero-order valence-corrected chi connectivity index (χ0v) is 12.9. The number of benzene rings is 1. The third kappa shape index (κ3) is 3.76. The second-order valence-electron chi connectivity index (χ2n) is 4.14. The van der Waals surface area contributed by atoms with E-state index in [0.717, 1.165) is 5.56 Å². The highest BCUT2D eigenvalue weighted by atomic mass is 35.5. The standard InChI is InChI=1S/C14H15ClN4O3/c1-20-12-4-3-10(15)5-9(12)7-22-14-11(6-19-21-2)13(16)17-8-18-14/h3-6,8H,7H2,1-2H3,(H2,16,17,18)/b19-6-. The molecule has 0 aliphatic rings. The first-order chi connectivity index (χ1) is 10.7. The summed E-state index contributed by atoms with van der Waals surface area (Å²) in [5.74, 6) is 1.19. The normalized spacial score (nSPS) is 10.7. The molecule has 0 saturated carbocycles. The molecule has 8 heteroatoms. The van der Waals surface area contributed by atoms with E-state index in [2.05, 4.69) is 20.0 Å². The van der Waals surface area contributed by atoms with E-state index in [1.54, 1.807) is 25.3 Å². The van der Waals surface area contributed by atoms with Gasteiger partial charge in [0.2, 0.25) is 5.88 Å². The molecule has 0 atom stereocenters. The van der Waals surface area contributed by atoms with Gasteiger partial charge < -0.3 is 20.0 Å². The van der Waals surface area contributed by atoms with Crippen molar-refractivity contribution in [3.8, 4) is 11.6 Å². The highest BCUT2D eigenvalue weighted by Gasteiger charge is 2.11. The summed E-state index contributed by atoms with van der Waals surface area (Å²) in [7, 11) is 3.00. The van der Waals surface area contributed by atoms with Crippen LogP contribution in [0, 0.1) is 0 Å². The van der Waals surface area contributed by atoms with Gasteiger partial charge in [-0.05, 0) is 18.2 Å². The Bertz CT molecular complexity index is 679. The Kier molecular flexibility index (Phi) is 5.37. The Morgan fingerprint density at radius 1 is 1.32 bits per heavy atom. The summed E-state index contributed by atoms with van der Waals surface area (Å²) in [5, 5.41) is 4.24. The number of nitrogen functional groups attached to an aromatic ring is 1. The molecule has 2 rings (SSSR count). The molecule has 22 heavy (non-hydrogen) atoms. The summed E-state index contributed by atoms with van der Waals surface area (Å²) < 4.78 is 10.9. The summed E-state index contributed by atoms with van der Waals surface area (Å²) in [4.78, 5) is 12.6. The number of nitrogens with zero attached hydrogens (tertiary/aromatic N) is 3. The molecular weight excluding hydrogens is 308 g/mol. The van der Waals surface area contributed by atoms with Gasteiger partial charge in [0.1, 0.15) is 37.2 Å². The smallest absolute Gasteiger partial charge is 0.228 e. The van der Waals surface area contributed by atoms with Gasteiger partial charge in [-0.25, -0.2) is 9.97 Å². The largest absolute Gasteiger partial charge is 0.496 e. The molecule has 0 amide bonds. The van der Waals surface area contributed by atoms with Crippen molar-refractivity contribution in [2.24, 2.45) is 5.16 Å². The lowest BCUT2D eigenvalue weighted by Gasteiger charge is -2.11. The average molecular weight is 323 g/mol. The third-order valence-electron chi connectivity index (χ3n) is 2.77. The van der Waals surface area contributed by atoms with Gasteiger partial charge in [-0.3, -0.25) is 0 Å². The van der Waals surface area contributed by atoms with Crippen LogP contribution in [-0.4, -0.2) is 30.4 Å². The lowest BCUT2D eigenvalue weighted by molar-refractivity contribution is 0.215. The molecule has 0 bridgehead atoms. The molecule has 0 aliphatic heterocycles. The minimum Gasteiger partial charge on any atom is -0.496 e. The SMILES string of the molecule is CO/N=C\c1c(N)ncnc1OCc1cc(Cl)ccc1OC. The molecule has 0 spiro atoms. The molecule has 0 unspecified atom stereocenters. The third-order valence-corrected chi connectivity index (χ3v) is 3.01. The van der Waals surface area contributed by atoms with Crippen LogP contribution in [0.1, 0.15) is 11.1 Å². The average Bonchev–Trinajstić information content (AvgIpc) is 2.52. The van der Waals surface area contributed by atoms with Crippen molar-refractivity contribution in [3.05, 3.63) is 40.7 Å². The Morgan fingerprint density at radius 3 is 2.86 bits per heavy atom. The minimum absolute atomic E-state index is 0.202. The Labute approximate surface area is 132 Å².